The maximum atomic E-state index is 12.2. The number of aryl methyl sites for hydroxylation is 1. The van der Waals surface area contributed by atoms with Gasteiger partial charge in [-0.05, 0) is 37.8 Å². The molecule has 23 heavy (non-hydrogen) atoms. The van der Waals surface area contributed by atoms with E-state index in [0.717, 1.165) is 47.8 Å². The third-order valence-corrected chi connectivity index (χ3v) is 4.82. The van der Waals surface area contributed by atoms with Gasteiger partial charge < -0.3 is 9.09 Å². The Balaban J connectivity index is 1.43. The lowest BCUT2D eigenvalue weighted by Gasteiger charge is -2.09. The number of carbonyl (C=O) groups is 1. The third kappa shape index (κ3) is 2.92. The number of rotatable bonds is 4. The van der Waals surface area contributed by atoms with Crippen molar-refractivity contribution >= 4 is 23.1 Å². The highest BCUT2D eigenvalue weighted by Gasteiger charge is 2.21. The van der Waals surface area contributed by atoms with Crippen molar-refractivity contribution in [3.05, 3.63) is 46.9 Å². The summed E-state index contributed by atoms with van der Waals surface area (Å²) in [5, 5.41) is 9.64. The van der Waals surface area contributed by atoms with E-state index in [1.54, 1.807) is 0 Å². The molecule has 1 aliphatic carbocycles. The van der Waals surface area contributed by atoms with Crippen molar-refractivity contribution in [3.63, 3.8) is 0 Å². The van der Waals surface area contributed by atoms with E-state index in [1.165, 1.54) is 11.3 Å². The van der Waals surface area contributed by atoms with E-state index in [9.17, 15) is 4.79 Å². The average Bonchev–Trinajstić information content (AvgIpc) is 3.27. The molecule has 0 bridgehead atoms. The highest BCUT2D eigenvalue weighted by atomic mass is 32.1. The summed E-state index contributed by atoms with van der Waals surface area (Å²) in [6, 6.07) is 3.89. The van der Waals surface area contributed by atoms with Gasteiger partial charge in [0.1, 0.15) is 0 Å². The Morgan fingerprint density at radius 1 is 1.30 bits per heavy atom. The Morgan fingerprint density at radius 3 is 3.00 bits per heavy atom. The molecule has 0 radical (unpaired) electrons. The van der Waals surface area contributed by atoms with Crippen LogP contribution >= 0.6 is 11.3 Å². The summed E-state index contributed by atoms with van der Waals surface area (Å²) in [5.41, 5.74) is 2.79. The molecule has 0 aliphatic heterocycles. The van der Waals surface area contributed by atoms with Crippen molar-refractivity contribution < 1.29 is 9.32 Å². The molecule has 0 saturated carbocycles. The molecule has 4 rings (SSSR count). The number of nitrogens with zero attached hydrogens (tertiary/aromatic N) is 3. The number of hydrogen-bond donors (Lipinski definition) is 1. The molecular weight excluding hydrogens is 312 g/mol. The smallest absolute Gasteiger partial charge is 0.234 e. The number of nitrogens with one attached hydrogen (secondary N) is 1. The van der Waals surface area contributed by atoms with Gasteiger partial charge >= 0.3 is 0 Å². The van der Waals surface area contributed by atoms with Gasteiger partial charge in [-0.2, -0.15) is 0 Å². The minimum Gasteiger partial charge on any atom is -0.338 e. The molecule has 0 spiro atoms. The summed E-state index contributed by atoms with van der Waals surface area (Å²) < 4.78 is 7.22. The molecule has 1 amide bonds. The van der Waals surface area contributed by atoms with Crippen LogP contribution in [0.4, 0.5) is 5.88 Å². The van der Waals surface area contributed by atoms with Crippen LogP contribution in [-0.2, 0) is 24.1 Å². The van der Waals surface area contributed by atoms with Crippen molar-refractivity contribution in [2.45, 2.75) is 32.1 Å². The number of hydrogen-bond acceptors (Lipinski definition) is 5. The normalized spacial score (nSPS) is 13.7. The first kappa shape index (κ1) is 14.2. The predicted molar refractivity (Wildman–Crippen MR) is 86.9 cm³/mol. The van der Waals surface area contributed by atoms with Crippen LogP contribution in [0.15, 0.2) is 34.4 Å². The van der Waals surface area contributed by atoms with Gasteiger partial charge in [0, 0.05) is 23.3 Å². The molecule has 118 valence electrons. The lowest BCUT2D eigenvalue weighted by atomic mass is 9.98. The summed E-state index contributed by atoms with van der Waals surface area (Å²) in [7, 11) is 0. The molecule has 3 aromatic heterocycles. The van der Waals surface area contributed by atoms with E-state index < -0.39 is 0 Å². The van der Waals surface area contributed by atoms with Crippen LogP contribution in [0.2, 0.25) is 0 Å². The third-order valence-electron chi connectivity index (χ3n) is 3.92. The van der Waals surface area contributed by atoms with Crippen molar-refractivity contribution in [1.82, 2.24) is 14.7 Å². The Labute approximate surface area is 137 Å². The lowest BCUT2D eigenvalue weighted by Crippen LogP contribution is -2.16. The fraction of sp³-hybridized carbons (Fsp3) is 0.312. The van der Waals surface area contributed by atoms with Crippen LogP contribution in [-0.4, -0.2) is 20.6 Å². The Morgan fingerprint density at radius 2 is 2.13 bits per heavy atom. The van der Waals surface area contributed by atoms with E-state index in [4.69, 9.17) is 4.52 Å². The van der Waals surface area contributed by atoms with Crippen LogP contribution < -0.4 is 5.32 Å². The Hall–Kier alpha value is -2.41. The summed E-state index contributed by atoms with van der Waals surface area (Å²) in [4.78, 5) is 16.7. The Bertz CT molecular complexity index is 819. The molecule has 7 heteroatoms. The molecule has 1 aliphatic rings. The molecular formula is C16H16N4O2S. The minimum absolute atomic E-state index is 0.126. The summed E-state index contributed by atoms with van der Waals surface area (Å²) in [5.74, 6) is 0.379. The standard InChI is InChI=1S/C16H16N4O2S/c21-14(18-15-12-5-1-2-6-13(12)19-22-15)9-11-10-23-16(17-11)20-7-3-4-8-20/h3-4,7-8,10H,1-2,5-6,9H2,(H,18,21). The van der Waals surface area contributed by atoms with Crippen LogP contribution in [0.3, 0.4) is 0 Å². The van der Waals surface area contributed by atoms with E-state index in [0.29, 0.717) is 5.88 Å². The number of anilines is 1. The second-order valence-electron chi connectivity index (χ2n) is 5.58. The monoisotopic (exact) mass is 328 g/mol. The highest BCUT2D eigenvalue weighted by molar-refractivity contribution is 7.12. The maximum Gasteiger partial charge on any atom is 0.234 e. The molecule has 0 fully saturated rings. The zero-order chi connectivity index (χ0) is 15.6. The van der Waals surface area contributed by atoms with Gasteiger partial charge in [0.15, 0.2) is 5.13 Å². The molecule has 0 aromatic carbocycles. The largest absolute Gasteiger partial charge is 0.338 e. The highest BCUT2D eigenvalue weighted by Crippen LogP contribution is 2.27. The summed E-state index contributed by atoms with van der Waals surface area (Å²) >= 11 is 1.52. The zero-order valence-electron chi connectivity index (χ0n) is 12.5. The number of fused-ring (bicyclic) bond motifs is 1. The zero-order valence-corrected chi connectivity index (χ0v) is 13.3. The average molecular weight is 328 g/mol. The second kappa shape index (κ2) is 6.00. The van der Waals surface area contributed by atoms with Crippen LogP contribution in [0.25, 0.3) is 5.13 Å². The molecule has 1 N–H and O–H groups in total. The van der Waals surface area contributed by atoms with Gasteiger partial charge in [0.05, 0.1) is 17.8 Å². The summed E-state index contributed by atoms with van der Waals surface area (Å²) in [6.07, 6.45) is 8.20. The van der Waals surface area contributed by atoms with E-state index in [-0.39, 0.29) is 12.3 Å². The van der Waals surface area contributed by atoms with Gasteiger partial charge in [-0.25, -0.2) is 4.98 Å². The van der Waals surface area contributed by atoms with Crippen molar-refractivity contribution in [3.8, 4) is 5.13 Å². The number of aromatic nitrogens is 3. The van der Waals surface area contributed by atoms with E-state index >= 15 is 0 Å². The fourth-order valence-corrected chi connectivity index (χ4v) is 3.57. The van der Waals surface area contributed by atoms with Gasteiger partial charge in [0.2, 0.25) is 11.8 Å². The van der Waals surface area contributed by atoms with Crippen molar-refractivity contribution in [2.24, 2.45) is 0 Å². The van der Waals surface area contributed by atoms with E-state index in [1.807, 2.05) is 34.5 Å². The molecule has 6 nitrogen and oxygen atoms in total. The second-order valence-corrected chi connectivity index (χ2v) is 6.42. The van der Waals surface area contributed by atoms with Crippen LogP contribution in [0.1, 0.15) is 29.8 Å². The van der Waals surface area contributed by atoms with E-state index in [2.05, 4.69) is 15.5 Å². The minimum atomic E-state index is -0.126. The quantitative estimate of drug-likeness (QED) is 0.799. The van der Waals surface area contributed by atoms with Crippen molar-refractivity contribution in [2.75, 3.05) is 5.32 Å². The van der Waals surface area contributed by atoms with Gasteiger partial charge in [-0.15, -0.1) is 11.3 Å². The maximum absolute atomic E-state index is 12.2. The van der Waals surface area contributed by atoms with Gasteiger partial charge in [0.25, 0.3) is 0 Å². The molecule has 0 saturated heterocycles. The number of thiazole rings is 1. The fourth-order valence-electron chi connectivity index (χ4n) is 2.78. The van der Waals surface area contributed by atoms with Crippen LogP contribution in [0.5, 0.6) is 0 Å². The first-order valence-electron chi connectivity index (χ1n) is 7.64. The SMILES string of the molecule is O=C(Cc1csc(-n2cccc2)n1)Nc1onc2c1CCCC2. The topological polar surface area (TPSA) is 73.0 Å². The summed E-state index contributed by atoms with van der Waals surface area (Å²) in [6.45, 7) is 0. The van der Waals surface area contributed by atoms with Gasteiger partial charge in [-0.1, -0.05) is 5.16 Å². The van der Waals surface area contributed by atoms with Crippen LogP contribution in [0, 0.1) is 0 Å². The molecule has 3 aromatic rings. The Kier molecular flexibility index (Phi) is 3.70. The predicted octanol–water partition coefficient (Wildman–Crippen LogP) is 2.98. The lowest BCUT2D eigenvalue weighted by molar-refractivity contribution is -0.115. The molecule has 0 unspecified atom stereocenters. The molecule has 0 atom stereocenters. The number of carbonyl (C=O) groups excluding carboxylic acids is 1. The number of amides is 1. The first-order valence-corrected chi connectivity index (χ1v) is 8.52. The first-order chi connectivity index (χ1) is 11.3. The van der Waals surface area contributed by atoms with Crippen molar-refractivity contribution in [1.29, 1.82) is 0 Å². The molecule has 3 heterocycles. The van der Waals surface area contributed by atoms with Gasteiger partial charge in [-0.3, -0.25) is 10.1 Å².